The van der Waals surface area contributed by atoms with Crippen molar-refractivity contribution < 1.29 is 0 Å². The molecule has 2 aliphatic rings. The summed E-state index contributed by atoms with van der Waals surface area (Å²) in [6, 6.07) is 8.96. The van der Waals surface area contributed by atoms with Crippen molar-refractivity contribution in [3.8, 4) is 0 Å². The fourth-order valence-electron chi connectivity index (χ4n) is 4.05. The molecule has 0 aromatic heterocycles. The molecule has 3 rings (SSSR count). The number of nitrogens with two attached hydrogens (primary N) is 1. The zero-order valence-electron chi connectivity index (χ0n) is 11.9. The molecule has 3 atom stereocenters. The van der Waals surface area contributed by atoms with Gasteiger partial charge in [0.2, 0.25) is 0 Å². The van der Waals surface area contributed by atoms with E-state index in [4.69, 9.17) is 5.73 Å². The van der Waals surface area contributed by atoms with E-state index in [0.29, 0.717) is 5.41 Å². The molecule has 2 N–H and O–H groups in total. The molecule has 2 heteroatoms. The molecule has 1 nitrogen and oxygen atoms in total. The Bertz CT molecular complexity index is 445. The molecule has 1 aliphatic heterocycles. The average Bonchev–Trinajstić information content (AvgIpc) is 3.05. The van der Waals surface area contributed by atoms with Crippen LogP contribution in [-0.2, 0) is 0 Å². The van der Waals surface area contributed by atoms with E-state index in [9.17, 15) is 0 Å². The smallest absolute Gasteiger partial charge is 0.0107 e. The zero-order valence-corrected chi connectivity index (χ0v) is 12.7. The third-order valence-corrected chi connectivity index (χ3v) is 6.55. The number of fused-ring (bicyclic) bond motifs is 1. The van der Waals surface area contributed by atoms with E-state index in [2.05, 4.69) is 31.2 Å². The second kappa shape index (κ2) is 5.49. The van der Waals surface area contributed by atoms with E-state index < -0.39 is 0 Å². The lowest BCUT2D eigenvalue weighted by molar-refractivity contribution is 0.253. The van der Waals surface area contributed by atoms with Crippen LogP contribution >= 0.6 is 11.8 Å². The zero-order chi connectivity index (χ0) is 13.3. The minimum atomic E-state index is 0.434. The van der Waals surface area contributed by atoms with E-state index in [0.717, 1.165) is 18.4 Å². The molecular formula is C17H25NS. The van der Waals surface area contributed by atoms with Crippen LogP contribution in [-0.4, -0.2) is 12.3 Å². The highest BCUT2D eigenvalue weighted by Gasteiger charge is 2.40. The number of hydrogen-bond acceptors (Lipinski definition) is 2. The highest BCUT2D eigenvalue weighted by Crippen LogP contribution is 2.51. The largest absolute Gasteiger partial charge is 0.330 e. The van der Waals surface area contributed by atoms with E-state index in [-0.39, 0.29) is 0 Å². The van der Waals surface area contributed by atoms with Crippen molar-refractivity contribution in [1.29, 1.82) is 0 Å². The topological polar surface area (TPSA) is 26.0 Å². The van der Waals surface area contributed by atoms with Crippen LogP contribution in [0.25, 0.3) is 0 Å². The minimum Gasteiger partial charge on any atom is -0.330 e. The maximum absolute atomic E-state index is 6.18. The predicted octanol–water partition coefficient (Wildman–Crippen LogP) is 4.42. The van der Waals surface area contributed by atoms with E-state index in [1.165, 1.54) is 42.8 Å². The molecule has 0 spiro atoms. The molecule has 0 bridgehead atoms. The van der Waals surface area contributed by atoms with Crippen LogP contribution in [0, 0.1) is 11.3 Å². The normalized spacial score (nSPS) is 33.6. The lowest BCUT2D eigenvalue weighted by atomic mass is 9.75. The van der Waals surface area contributed by atoms with Gasteiger partial charge in [-0.15, -0.1) is 11.8 Å². The van der Waals surface area contributed by atoms with Gasteiger partial charge in [0.1, 0.15) is 0 Å². The molecule has 1 saturated carbocycles. The molecular weight excluding hydrogens is 250 g/mol. The van der Waals surface area contributed by atoms with Crippen LogP contribution in [0.15, 0.2) is 29.2 Å². The summed E-state index contributed by atoms with van der Waals surface area (Å²) in [6.45, 7) is 3.21. The van der Waals surface area contributed by atoms with Crippen LogP contribution in [0.3, 0.4) is 0 Å². The van der Waals surface area contributed by atoms with Gasteiger partial charge in [-0.05, 0) is 61.1 Å². The monoisotopic (exact) mass is 275 g/mol. The lowest BCUT2D eigenvalue weighted by Crippen LogP contribution is -2.30. The second-order valence-corrected chi connectivity index (χ2v) is 7.53. The van der Waals surface area contributed by atoms with Crippen LogP contribution in [0.4, 0.5) is 0 Å². The first-order valence-electron chi connectivity index (χ1n) is 7.68. The number of benzene rings is 1. The van der Waals surface area contributed by atoms with Gasteiger partial charge in [0.25, 0.3) is 0 Å². The summed E-state index contributed by atoms with van der Waals surface area (Å²) in [6.07, 6.45) is 6.76. The first kappa shape index (κ1) is 13.5. The Morgan fingerprint density at radius 1 is 1.37 bits per heavy atom. The van der Waals surface area contributed by atoms with Gasteiger partial charge in [-0.2, -0.15) is 0 Å². The summed E-state index contributed by atoms with van der Waals surface area (Å²) < 4.78 is 0. The highest BCUT2D eigenvalue weighted by atomic mass is 32.2. The van der Waals surface area contributed by atoms with Crippen molar-refractivity contribution in [3.05, 3.63) is 29.8 Å². The molecule has 0 saturated heterocycles. The molecule has 0 amide bonds. The van der Waals surface area contributed by atoms with Gasteiger partial charge in [-0.1, -0.05) is 31.5 Å². The Morgan fingerprint density at radius 2 is 2.21 bits per heavy atom. The minimum absolute atomic E-state index is 0.434. The Hall–Kier alpha value is -0.470. The maximum Gasteiger partial charge on any atom is 0.0107 e. The summed E-state index contributed by atoms with van der Waals surface area (Å²) in [4.78, 5) is 1.50. The van der Waals surface area contributed by atoms with Gasteiger partial charge in [0, 0.05) is 10.6 Å². The molecule has 1 aromatic carbocycles. The van der Waals surface area contributed by atoms with Crippen molar-refractivity contribution in [2.45, 2.75) is 49.8 Å². The maximum atomic E-state index is 6.18. The number of rotatable bonds is 4. The Kier molecular flexibility index (Phi) is 3.91. The first-order chi connectivity index (χ1) is 9.26. The van der Waals surface area contributed by atoms with E-state index in [1.807, 2.05) is 11.8 Å². The lowest BCUT2D eigenvalue weighted by Gasteiger charge is -2.31. The first-order valence-corrected chi connectivity index (χ1v) is 8.67. The molecule has 3 unspecified atom stereocenters. The van der Waals surface area contributed by atoms with Gasteiger partial charge in [-0.25, -0.2) is 0 Å². The summed E-state index contributed by atoms with van der Waals surface area (Å²) in [7, 11) is 0. The van der Waals surface area contributed by atoms with E-state index in [1.54, 1.807) is 5.56 Å². The van der Waals surface area contributed by atoms with Crippen LogP contribution in [0.5, 0.6) is 0 Å². The Labute approximate surface area is 121 Å². The van der Waals surface area contributed by atoms with Crippen LogP contribution in [0.1, 0.15) is 50.5 Å². The van der Waals surface area contributed by atoms with Gasteiger partial charge in [0.05, 0.1) is 0 Å². The molecule has 1 fully saturated rings. The van der Waals surface area contributed by atoms with E-state index >= 15 is 0 Å². The predicted molar refractivity (Wildman–Crippen MR) is 83.6 cm³/mol. The average molecular weight is 275 g/mol. The fourth-order valence-corrected chi connectivity index (χ4v) is 5.30. The molecule has 104 valence electrons. The van der Waals surface area contributed by atoms with Crippen molar-refractivity contribution >= 4 is 11.8 Å². The molecule has 1 heterocycles. The van der Waals surface area contributed by atoms with Gasteiger partial charge < -0.3 is 5.73 Å². The number of thioether (sulfide) groups is 1. The molecule has 19 heavy (non-hydrogen) atoms. The van der Waals surface area contributed by atoms with Gasteiger partial charge >= 0.3 is 0 Å². The quantitative estimate of drug-likeness (QED) is 0.880. The van der Waals surface area contributed by atoms with Crippen LogP contribution < -0.4 is 5.73 Å². The SMILES string of the molecule is CCC1CCC(CN)(CC2CSc3ccccc32)C1. The van der Waals surface area contributed by atoms with Crippen LogP contribution in [0.2, 0.25) is 0 Å². The fraction of sp³-hybridized carbons (Fsp3) is 0.647. The Morgan fingerprint density at radius 3 is 2.95 bits per heavy atom. The summed E-state index contributed by atoms with van der Waals surface area (Å²) in [5.41, 5.74) is 8.19. The second-order valence-electron chi connectivity index (χ2n) is 6.47. The standard InChI is InChI=1S/C17H25NS/c1-2-13-7-8-17(9-13,12-18)10-14-11-19-16-6-4-3-5-15(14)16/h3-6,13-14H,2,7-12,18H2,1H3. The summed E-state index contributed by atoms with van der Waals surface area (Å²) in [5, 5.41) is 0. The van der Waals surface area contributed by atoms with Crippen molar-refractivity contribution in [2.24, 2.45) is 17.1 Å². The number of hydrogen-bond donors (Lipinski definition) is 1. The Balaban J connectivity index is 1.75. The van der Waals surface area contributed by atoms with Gasteiger partial charge in [-0.3, -0.25) is 0 Å². The summed E-state index contributed by atoms with van der Waals surface area (Å²) in [5.74, 6) is 2.92. The van der Waals surface area contributed by atoms with Crippen molar-refractivity contribution in [3.63, 3.8) is 0 Å². The third kappa shape index (κ3) is 2.57. The summed E-state index contributed by atoms with van der Waals surface area (Å²) >= 11 is 2.03. The van der Waals surface area contributed by atoms with Crippen molar-refractivity contribution in [1.82, 2.24) is 0 Å². The van der Waals surface area contributed by atoms with Crippen molar-refractivity contribution in [2.75, 3.05) is 12.3 Å². The molecule has 1 aliphatic carbocycles. The van der Waals surface area contributed by atoms with Gasteiger partial charge in [0.15, 0.2) is 0 Å². The third-order valence-electron chi connectivity index (χ3n) is 5.29. The molecule has 0 radical (unpaired) electrons. The molecule has 1 aromatic rings. The highest BCUT2D eigenvalue weighted by molar-refractivity contribution is 7.99.